The van der Waals surface area contributed by atoms with Crippen molar-refractivity contribution in [3.8, 4) is 0 Å². The van der Waals surface area contributed by atoms with Crippen molar-refractivity contribution in [2.45, 2.75) is 47.0 Å². The van der Waals surface area contributed by atoms with Gasteiger partial charge in [0.15, 0.2) is 5.43 Å². The van der Waals surface area contributed by atoms with Crippen molar-refractivity contribution >= 4 is 27.3 Å². The Labute approximate surface area is 147 Å². The van der Waals surface area contributed by atoms with E-state index in [1.165, 1.54) is 4.88 Å². The fraction of sp³-hybridized carbons (Fsp3) is 0.500. The first-order valence-corrected chi connectivity index (χ1v) is 9.56. The van der Waals surface area contributed by atoms with Crippen LogP contribution in [0.5, 0.6) is 0 Å². The van der Waals surface area contributed by atoms with Crippen molar-refractivity contribution in [2.75, 3.05) is 13.1 Å². The average molecular weight is 343 g/mol. The van der Waals surface area contributed by atoms with Crippen molar-refractivity contribution in [3.05, 3.63) is 44.4 Å². The number of rotatable bonds is 3. The molecule has 0 N–H and O–H groups in total. The lowest BCUT2D eigenvalue weighted by Gasteiger charge is -2.30. The van der Waals surface area contributed by atoms with Gasteiger partial charge in [0.2, 0.25) is 0 Å². The van der Waals surface area contributed by atoms with E-state index in [-0.39, 0.29) is 16.8 Å². The first-order valence-electron chi connectivity index (χ1n) is 8.74. The lowest BCUT2D eigenvalue weighted by Crippen LogP contribution is -2.30. The van der Waals surface area contributed by atoms with Crippen LogP contribution in [0, 0.1) is 5.41 Å². The highest BCUT2D eigenvalue weighted by atomic mass is 32.1. The third-order valence-electron chi connectivity index (χ3n) is 5.06. The molecule has 0 radical (unpaired) electrons. The lowest BCUT2D eigenvalue weighted by atomic mass is 9.77. The molecule has 0 saturated heterocycles. The van der Waals surface area contributed by atoms with Gasteiger partial charge in [-0.2, -0.15) is 0 Å². The first kappa shape index (κ1) is 17.2. The maximum Gasteiger partial charge on any atom is 0.253 e. The Kier molecular flexibility index (Phi) is 4.52. The number of hydrogen-bond donors (Lipinski definition) is 0. The number of fused-ring (bicyclic) bond motifs is 2. The maximum absolute atomic E-state index is 12.8. The van der Waals surface area contributed by atoms with Gasteiger partial charge in [0.25, 0.3) is 5.91 Å². The largest absolute Gasteiger partial charge is 0.339 e. The summed E-state index contributed by atoms with van der Waals surface area (Å²) >= 11 is 1.69. The van der Waals surface area contributed by atoms with Crippen molar-refractivity contribution in [2.24, 2.45) is 5.41 Å². The Morgan fingerprint density at radius 1 is 1.25 bits per heavy atom. The number of nitrogens with zero attached hydrogens (tertiary/aromatic N) is 1. The van der Waals surface area contributed by atoms with Crippen LogP contribution in [0.25, 0.3) is 10.1 Å². The molecule has 0 aliphatic heterocycles. The van der Waals surface area contributed by atoms with Crippen molar-refractivity contribution in [1.82, 2.24) is 4.90 Å². The summed E-state index contributed by atoms with van der Waals surface area (Å²) in [6.07, 6.45) is 2.88. The molecule has 2 aromatic rings. The number of amides is 1. The molecule has 0 atom stereocenters. The van der Waals surface area contributed by atoms with Crippen LogP contribution in [0.1, 0.15) is 54.9 Å². The predicted octanol–water partition coefficient (Wildman–Crippen LogP) is 4.26. The molecule has 3 rings (SSSR count). The van der Waals surface area contributed by atoms with Gasteiger partial charge in [-0.25, -0.2) is 0 Å². The Hall–Kier alpha value is -1.68. The van der Waals surface area contributed by atoms with Gasteiger partial charge in [-0.1, -0.05) is 13.8 Å². The van der Waals surface area contributed by atoms with Crippen LogP contribution in [-0.4, -0.2) is 23.9 Å². The summed E-state index contributed by atoms with van der Waals surface area (Å²) < 4.78 is 0.939. The summed E-state index contributed by atoms with van der Waals surface area (Å²) in [5, 5.41) is 0.759. The smallest absolute Gasteiger partial charge is 0.253 e. The van der Waals surface area contributed by atoms with Gasteiger partial charge in [0.05, 0.1) is 0 Å². The minimum atomic E-state index is 0.0413. The predicted molar refractivity (Wildman–Crippen MR) is 101 cm³/mol. The first-order chi connectivity index (χ1) is 11.4. The molecule has 128 valence electrons. The third-order valence-corrected chi connectivity index (χ3v) is 6.25. The van der Waals surface area contributed by atoms with Crippen LogP contribution in [0.3, 0.4) is 0 Å². The molecule has 1 aromatic carbocycles. The topological polar surface area (TPSA) is 37.4 Å². The SMILES string of the molecule is CCN(CC)C(=O)c1ccc2c(=O)c3c(sc2c1)CC(C)(C)CC3. The molecule has 1 heterocycles. The molecule has 0 saturated carbocycles. The van der Waals surface area contributed by atoms with Gasteiger partial charge in [0, 0.05) is 39.2 Å². The molecule has 1 amide bonds. The minimum Gasteiger partial charge on any atom is -0.339 e. The van der Waals surface area contributed by atoms with Gasteiger partial charge in [-0.05, 0) is 56.7 Å². The molecular weight excluding hydrogens is 318 g/mol. The highest BCUT2D eigenvalue weighted by molar-refractivity contribution is 7.18. The van der Waals surface area contributed by atoms with Crippen LogP contribution in [0.4, 0.5) is 0 Å². The zero-order valence-corrected chi connectivity index (χ0v) is 15.8. The number of carbonyl (C=O) groups excluding carboxylic acids is 1. The second-order valence-electron chi connectivity index (χ2n) is 7.36. The van der Waals surface area contributed by atoms with Crippen LogP contribution in [0.15, 0.2) is 23.0 Å². The summed E-state index contributed by atoms with van der Waals surface area (Å²) in [4.78, 5) is 28.4. The zero-order chi connectivity index (χ0) is 17.5. The molecular formula is C20H25NO2S. The van der Waals surface area contributed by atoms with Gasteiger partial charge in [0.1, 0.15) is 0 Å². The normalized spacial score (nSPS) is 16.0. The van der Waals surface area contributed by atoms with E-state index in [9.17, 15) is 9.59 Å². The van der Waals surface area contributed by atoms with E-state index in [1.54, 1.807) is 17.4 Å². The summed E-state index contributed by atoms with van der Waals surface area (Å²) in [5.41, 5.74) is 2.08. The molecule has 0 unspecified atom stereocenters. The van der Waals surface area contributed by atoms with Crippen LogP contribution >= 0.6 is 11.3 Å². The van der Waals surface area contributed by atoms with E-state index in [4.69, 9.17) is 0 Å². The highest BCUT2D eigenvalue weighted by Crippen LogP contribution is 2.37. The third kappa shape index (κ3) is 3.00. The Bertz CT molecular complexity index is 847. The van der Waals surface area contributed by atoms with Crippen LogP contribution in [0.2, 0.25) is 0 Å². The van der Waals surface area contributed by atoms with E-state index < -0.39 is 0 Å². The van der Waals surface area contributed by atoms with Crippen LogP contribution < -0.4 is 5.43 Å². The van der Waals surface area contributed by atoms with Gasteiger partial charge < -0.3 is 4.90 Å². The Morgan fingerprint density at radius 2 is 1.96 bits per heavy atom. The monoisotopic (exact) mass is 343 g/mol. The summed E-state index contributed by atoms with van der Waals surface area (Å²) in [6.45, 7) is 9.89. The Balaban J connectivity index is 2.11. The molecule has 1 aliphatic carbocycles. The summed E-state index contributed by atoms with van der Waals surface area (Å²) in [7, 11) is 0. The maximum atomic E-state index is 12.8. The summed E-state index contributed by atoms with van der Waals surface area (Å²) in [5.74, 6) is 0.0413. The molecule has 24 heavy (non-hydrogen) atoms. The highest BCUT2D eigenvalue weighted by Gasteiger charge is 2.28. The number of hydrogen-bond acceptors (Lipinski definition) is 3. The molecule has 0 spiro atoms. The minimum absolute atomic E-state index is 0.0413. The van der Waals surface area contributed by atoms with Crippen molar-refractivity contribution in [1.29, 1.82) is 0 Å². The zero-order valence-electron chi connectivity index (χ0n) is 14.9. The van der Waals surface area contributed by atoms with Gasteiger partial charge >= 0.3 is 0 Å². The second-order valence-corrected chi connectivity index (χ2v) is 8.50. The Morgan fingerprint density at radius 3 is 2.62 bits per heavy atom. The second kappa shape index (κ2) is 6.32. The van der Waals surface area contributed by atoms with Gasteiger partial charge in [-0.3, -0.25) is 9.59 Å². The van der Waals surface area contributed by atoms with E-state index in [0.717, 1.165) is 34.9 Å². The van der Waals surface area contributed by atoms with Gasteiger partial charge in [-0.15, -0.1) is 11.3 Å². The molecule has 0 fully saturated rings. The van der Waals surface area contributed by atoms with E-state index in [2.05, 4.69) is 13.8 Å². The molecule has 0 bridgehead atoms. The fourth-order valence-corrected chi connectivity index (χ4v) is 4.99. The molecule has 1 aromatic heterocycles. The van der Waals surface area contributed by atoms with Crippen molar-refractivity contribution < 1.29 is 4.79 Å². The molecule has 3 nitrogen and oxygen atoms in total. The molecule has 1 aliphatic rings. The average Bonchev–Trinajstić information content (AvgIpc) is 2.54. The number of benzene rings is 1. The standard InChI is InChI=1S/C20H25NO2S/c1-5-21(6-2)19(23)13-7-8-14-16(11-13)24-17-12-20(3,4)10-9-15(17)18(14)22/h7-8,11H,5-6,9-10,12H2,1-4H3. The number of carbonyl (C=O) groups is 1. The fourth-order valence-electron chi connectivity index (χ4n) is 3.49. The van der Waals surface area contributed by atoms with E-state index in [1.807, 2.05) is 30.9 Å². The van der Waals surface area contributed by atoms with Crippen molar-refractivity contribution in [3.63, 3.8) is 0 Å². The summed E-state index contributed by atoms with van der Waals surface area (Å²) in [6, 6.07) is 5.55. The molecule has 4 heteroatoms. The van der Waals surface area contributed by atoms with E-state index in [0.29, 0.717) is 18.7 Å². The quantitative estimate of drug-likeness (QED) is 0.835. The lowest BCUT2D eigenvalue weighted by molar-refractivity contribution is 0.0773. The van der Waals surface area contributed by atoms with Crippen LogP contribution in [-0.2, 0) is 12.8 Å². The van der Waals surface area contributed by atoms with E-state index >= 15 is 0 Å².